The van der Waals surface area contributed by atoms with Crippen molar-refractivity contribution in [2.45, 2.75) is 59.0 Å². The van der Waals surface area contributed by atoms with E-state index in [0.717, 1.165) is 42.6 Å². The molecular formula is C15H22N4O2. The van der Waals surface area contributed by atoms with Gasteiger partial charge in [-0.1, -0.05) is 19.0 Å². The number of aromatic nitrogens is 3. The Kier molecular flexibility index (Phi) is 3.80. The van der Waals surface area contributed by atoms with Crippen LogP contribution in [-0.2, 0) is 6.54 Å². The number of aryl methyl sites for hydroxylation is 2. The third kappa shape index (κ3) is 2.85. The van der Waals surface area contributed by atoms with E-state index in [2.05, 4.69) is 33.9 Å². The molecule has 0 aliphatic carbocycles. The summed E-state index contributed by atoms with van der Waals surface area (Å²) < 4.78 is 11.0. The Labute approximate surface area is 124 Å². The highest BCUT2D eigenvalue weighted by molar-refractivity contribution is 5.06. The highest BCUT2D eigenvalue weighted by atomic mass is 16.5. The minimum absolute atomic E-state index is 0.203. The lowest BCUT2D eigenvalue weighted by Crippen LogP contribution is -2.23. The first-order chi connectivity index (χ1) is 10.0. The minimum atomic E-state index is 0.203. The topological polar surface area (TPSA) is 68.2 Å². The standard InChI is InChI=1S/C15H22N4O2/c1-9(2)15-17-14(18-21-15)12-6-5-7-19(12)8-13-16-10(3)11(4)20-13/h9,12H,5-8H2,1-4H3/t12-/m0/s1. The number of hydrogen-bond donors (Lipinski definition) is 0. The molecule has 1 atom stereocenters. The molecule has 1 aliphatic heterocycles. The van der Waals surface area contributed by atoms with Crippen molar-refractivity contribution in [3.63, 3.8) is 0 Å². The van der Waals surface area contributed by atoms with Crippen molar-refractivity contribution in [1.82, 2.24) is 20.0 Å². The van der Waals surface area contributed by atoms with Crippen molar-refractivity contribution in [2.75, 3.05) is 6.54 Å². The Balaban J connectivity index is 1.75. The molecule has 0 saturated carbocycles. The van der Waals surface area contributed by atoms with Gasteiger partial charge in [0, 0.05) is 5.92 Å². The zero-order chi connectivity index (χ0) is 15.0. The van der Waals surface area contributed by atoms with E-state index in [-0.39, 0.29) is 12.0 Å². The van der Waals surface area contributed by atoms with E-state index < -0.39 is 0 Å². The monoisotopic (exact) mass is 290 g/mol. The van der Waals surface area contributed by atoms with Crippen molar-refractivity contribution in [2.24, 2.45) is 0 Å². The predicted molar refractivity (Wildman–Crippen MR) is 76.7 cm³/mol. The van der Waals surface area contributed by atoms with Gasteiger partial charge in [0.05, 0.1) is 18.3 Å². The van der Waals surface area contributed by atoms with E-state index >= 15 is 0 Å². The molecule has 6 nitrogen and oxygen atoms in total. The second kappa shape index (κ2) is 5.60. The van der Waals surface area contributed by atoms with E-state index in [4.69, 9.17) is 8.94 Å². The van der Waals surface area contributed by atoms with Crippen LogP contribution in [0, 0.1) is 13.8 Å². The summed E-state index contributed by atoms with van der Waals surface area (Å²) in [6.07, 6.45) is 2.19. The van der Waals surface area contributed by atoms with Gasteiger partial charge in [-0.3, -0.25) is 4.90 Å². The van der Waals surface area contributed by atoms with Crippen LogP contribution >= 0.6 is 0 Å². The highest BCUT2D eigenvalue weighted by Crippen LogP contribution is 2.32. The van der Waals surface area contributed by atoms with Gasteiger partial charge in [-0.2, -0.15) is 4.98 Å². The normalized spacial score (nSPS) is 19.8. The molecule has 0 bridgehead atoms. The summed E-state index contributed by atoms with van der Waals surface area (Å²) in [6.45, 7) is 9.74. The van der Waals surface area contributed by atoms with Gasteiger partial charge in [0.15, 0.2) is 5.82 Å². The van der Waals surface area contributed by atoms with Crippen LogP contribution in [0.1, 0.15) is 67.7 Å². The molecule has 6 heteroatoms. The van der Waals surface area contributed by atoms with Gasteiger partial charge in [0.25, 0.3) is 0 Å². The van der Waals surface area contributed by atoms with Crippen molar-refractivity contribution in [3.8, 4) is 0 Å². The Bertz CT molecular complexity index is 597. The Morgan fingerprint density at radius 2 is 2.10 bits per heavy atom. The fourth-order valence-electron chi connectivity index (χ4n) is 2.71. The van der Waals surface area contributed by atoms with Gasteiger partial charge in [-0.05, 0) is 33.2 Å². The van der Waals surface area contributed by atoms with Crippen molar-refractivity contribution < 1.29 is 8.94 Å². The summed E-state index contributed by atoms with van der Waals surface area (Å²) in [5.41, 5.74) is 0.961. The smallest absolute Gasteiger partial charge is 0.229 e. The highest BCUT2D eigenvalue weighted by Gasteiger charge is 2.31. The maximum Gasteiger partial charge on any atom is 0.229 e. The third-order valence-corrected chi connectivity index (χ3v) is 4.02. The maximum absolute atomic E-state index is 5.69. The number of nitrogens with zero attached hydrogens (tertiary/aromatic N) is 4. The maximum atomic E-state index is 5.69. The lowest BCUT2D eigenvalue weighted by Gasteiger charge is -2.19. The summed E-state index contributed by atoms with van der Waals surface area (Å²) in [6, 6.07) is 0.203. The van der Waals surface area contributed by atoms with E-state index in [1.807, 2.05) is 13.8 Å². The molecule has 1 aliphatic rings. The molecule has 1 fully saturated rings. The third-order valence-electron chi connectivity index (χ3n) is 4.02. The summed E-state index contributed by atoms with van der Waals surface area (Å²) in [5, 5.41) is 4.16. The summed E-state index contributed by atoms with van der Waals surface area (Å²) in [5.74, 6) is 3.42. The fourth-order valence-corrected chi connectivity index (χ4v) is 2.71. The molecule has 21 heavy (non-hydrogen) atoms. The second-order valence-electron chi connectivity index (χ2n) is 6.02. The van der Waals surface area contributed by atoms with Gasteiger partial charge >= 0.3 is 0 Å². The zero-order valence-electron chi connectivity index (χ0n) is 13.1. The zero-order valence-corrected chi connectivity index (χ0v) is 13.1. The number of oxazole rings is 1. The van der Waals surface area contributed by atoms with Gasteiger partial charge < -0.3 is 8.94 Å². The first kappa shape index (κ1) is 14.3. The van der Waals surface area contributed by atoms with E-state index in [1.54, 1.807) is 0 Å². The van der Waals surface area contributed by atoms with Crippen LogP contribution in [0.15, 0.2) is 8.94 Å². The molecule has 3 heterocycles. The molecule has 2 aromatic heterocycles. The van der Waals surface area contributed by atoms with Crippen molar-refractivity contribution in [3.05, 3.63) is 29.1 Å². The molecule has 0 unspecified atom stereocenters. The van der Waals surface area contributed by atoms with Gasteiger partial charge in [-0.25, -0.2) is 4.98 Å². The largest absolute Gasteiger partial charge is 0.444 e. The van der Waals surface area contributed by atoms with Gasteiger partial charge in [0.2, 0.25) is 11.8 Å². The SMILES string of the molecule is Cc1nc(CN2CCC[C@H]2c2noc(C(C)C)n2)oc1C. The van der Waals surface area contributed by atoms with Gasteiger partial charge in [-0.15, -0.1) is 0 Å². The van der Waals surface area contributed by atoms with Gasteiger partial charge in [0.1, 0.15) is 5.76 Å². The number of likely N-dealkylation sites (tertiary alicyclic amines) is 1. The van der Waals surface area contributed by atoms with E-state index in [1.165, 1.54) is 0 Å². The lowest BCUT2D eigenvalue weighted by atomic mass is 10.2. The minimum Gasteiger partial charge on any atom is -0.444 e. The Morgan fingerprint density at radius 1 is 1.29 bits per heavy atom. The van der Waals surface area contributed by atoms with Crippen LogP contribution in [0.2, 0.25) is 0 Å². The quantitative estimate of drug-likeness (QED) is 0.861. The molecule has 0 aromatic carbocycles. The average molecular weight is 290 g/mol. The molecule has 1 saturated heterocycles. The van der Waals surface area contributed by atoms with Crippen LogP contribution < -0.4 is 0 Å². The second-order valence-corrected chi connectivity index (χ2v) is 6.02. The molecule has 0 N–H and O–H groups in total. The first-order valence-corrected chi connectivity index (χ1v) is 7.55. The van der Waals surface area contributed by atoms with Crippen molar-refractivity contribution in [1.29, 1.82) is 0 Å². The molecule has 2 aromatic rings. The summed E-state index contributed by atoms with van der Waals surface area (Å²) >= 11 is 0. The molecule has 0 amide bonds. The van der Waals surface area contributed by atoms with E-state index in [0.29, 0.717) is 12.4 Å². The van der Waals surface area contributed by atoms with Crippen LogP contribution in [0.25, 0.3) is 0 Å². The van der Waals surface area contributed by atoms with Crippen LogP contribution in [-0.4, -0.2) is 26.6 Å². The Morgan fingerprint density at radius 3 is 2.71 bits per heavy atom. The first-order valence-electron chi connectivity index (χ1n) is 7.55. The summed E-state index contributed by atoms with van der Waals surface area (Å²) in [7, 11) is 0. The number of hydrogen-bond acceptors (Lipinski definition) is 6. The predicted octanol–water partition coefficient (Wildman–Crippen LogP) is 3.13. The van der Waals surface area contributed by atoms with Crippen LogP contribution in [0.5, 0.6) is 0 Å². The molecule has 0 spiro atoms. The van der Waals surface area contributed by atoms with Crippen LogP contribution in [0.3, 0.4) is 0 Å². The van der Waals surface area contributed by atoms with Crippen LogP contribution in [0.4, 0.5) is 0 Å². The molecule has 0 radical (unpaired) electrons. The number of rotatable bonds is 4. The Hall–Kier alpha value is -1.69. The average Bonchev–Trinajstić information content (AvgIpc) is 3.11. The lowest BCUT2D eigenvalue weighted by molar-refractivity contribution is 0.211. The van der Waals surface area contributed by atoms with E-state index in [9.17, 15) is 0 Å². The molecule has 3 rings (SSSR count). The van der Waals surface area contributed by atoms with Crippen molar-refractivity contribution >= 4 is 0 Å². The fraction of sp³-hybridized carbons (Fsp3) is 0.667. The molecular weight excluding hydrogens is 268 g/mol. The summed E-state index contributed by atoms with van der Waals surface area (Å²) in [4.78, 5) is 11.3. The molecule has 114 valence electrons.